The zero-order valence-electron chi connectivity index (χ0n) is 20.1. The third-order valence-corrected chi connectivity index (χ3v) is 6.17. The van der Waals surface area contributed by atoms with Crippen LogP contribution in [0.4, 0.5) is 0 Å². The Morgan fingerprint density at radius 1 is 1.15 bits per heavy atom. The van der Waals surface area contributed by atoms with Crippen molar-refractivity contribution in [3.63, 3.8) is 0 Å². The number of carbonyl (C=O) groups excluding carboxylic acids is 3. The molecule has 1 aliphatic rings. The lowest BCUT2D eigenvalue weighted by atomic mass is 9.83. The Morgan fingerprint density at radius 3 is 2.44 bits per heavy atom. The van der Waals surface area contributed by atoms with E-state index in [1.807, 2.05) is 44.2 Å². The summed E-state index contributed by atoms with van der Waals surface area (Å²) in [6.07, 6.45) is 0.116. The van der Waals surface area contributed by atoms with E-state index >= 15 is 0 Å². The highest BCUT2D eigenvalue weighted by molar-refractivity contribution is 6.31. The van der Waals surface area contributed by atoms with E-state index in [9.17, 15) is 14.4 Å². The van der Waals surface area contributed by atoms with Crippen LogP contribution in [-0.2, 0) is 20.9 Å². The van der Waals surface area contributed by atoms with E-state index in [0.29, 0.717) is 34.3 Å². The minimum Gasteiger partial charge on any atom is -0.463 e. The van der Waals surface area contributed by atoms with Crippen LogP contribution < -0.4 is 5.32 Å². The Morgan fingerprint density at radius 2 is 1.82 bits per heavy atom. The Balaban J connectivity index is 1.88. The third-order valence-electron chi connectivity index (χ3n) is 5.83. The smallest absolute Gasteiger partial charge is 0.336 e. The first kappa shape index (κ1) is 25.5. The van der Waals surface area contributed by atoms with Gasteiger partial charge in [-0.1, -0.05) is 55.8 Å². The van der Waals surface area contributed by atoms with E-state index < -0.39 is 11.9 Å². The van der Waals surface area contributed by atoms with Gasteiger partial charge in [0.2, 0.25) is 5.91 Å². The fourth-order valence-electron chi connectivity index (χ4n) is 4.04. The first-order valence-electron chi connectivity index (χ1n) is 11.5. The van der Waals surface area contributed by atoms with Crippen molar-refractivity contribution in [1.82, 2.24) is 10.2 Å². The van der Waals surface area contributed by atoms with E-state index in [2.05, 4.69) is 5.32 Å². The van der Waals surface area contributed by atoms with E-state index in [1.165, 1.54) is 0 Å². The number of carbonyl (C=O) groups is 3. The van der Waals surface area contributed by atoms with Gasteiger partial charge in [0.15, 0.2) is 0 Å². The van der Waals surface area contributed by atoms with Crippen molar-refractivity contribution in [2.75, 3.05) is 13.2 Å². The van der Waals surface area contributed by atoms with Gasteiger partial charge in [-0.3, -0.25) is 9.59 Å². The normalized spacial score (nSPS) is 16.1. The van der Waals surface area contributed by atoms with Crippen molar-refractivity contribution in [2.24, 2.45) is 5.92 Å². The van der Waals surface area contributed by atoms with Crippen molar-refractivity contribution >= 4 is 29.4 Å². The molecule has 0 fully saturated rings. The van der Waals surface area contributed by atoms with E-state index in [4.69, 9.17) is 16.3 Å². The molecule has 0 spiro atoms. The van der Waals surface area contributed by atoms with Gasteiger partial charge in [0.25, 0.3) is 5.91 Å². The average molecular weight is 483 g/mol. The van der Waals surface area contributed by atoms with Crippen LogP contribution in [0.1, 0.15) is 61.5 Å². The molecule has 1 unspecified atom stereocenters. The van der Waals surface area contributed by atoms with E-state index in [-0.39, 0.29) is 31.4 Å². The lowest BCUT2D eigenvalue weighted by molar-refractivity contribution is -0.140. The topological polar surface area (TPSA) is 75.7 Å². The van der Waals surface area contributed by atoms with Gasteiger partial charge in [0.05, 0.1) is 18.7 Å². The molecule has 0 saturated carbocycles. The van der Waals surface area contributed by atoms with Gasteiger partial charge in [-0.2, -0.15) is 0 Å². The SMILES string of the molecule is CCOC(=O)C1=C(C)N(Cc2ccc(C(=O)NCC(C)C)cc2)C(=O)CC1c1ccccc1Cl. The summed E-state index contributed by atoms with van der Waals surface area (Å²) < 4.78 is 5.34. The molecule has 3 rings (SSSR count). The zero-order chi connectivity index (χ0) is 24.8. The monoisotopic (exact) mass is 482 g/mol. The van der Waals surface area contributed by atoms with Gasteiger partial charge in [0, 0.05) is 35.2 Å². The summed E-state index contributed by atoms with van der Waals surface area (Å²) in [6.45, 7) is 8.72. The molecule has 180 valence electrons. The second kappa shape index (κ2) is 11.3. The van der Waals surface area contributed by atoms with Crippen LogP contribution in [0.15, 0.2) is 59.8 Å². The summed E-state index contributed by atoms with van der Waals surface area (Å²) >= 11 is 6.41. The summed E-state index contributed by atoms with van der Waals surface area (Å²) in [7, 11) is 0. The number of rotatable bonds is 8. The summed E-state index contributed by atoms with van der Waals surface area (Å²) in [6, 6.07) is 14.4. The Kier molecular flexibility index (Phi) is 8.51. The van der Waals surface area contributed by atoms with Gasteiger partial charge in [0.1, 0.15) is 0 Å². The molecule has 0 aliphatic carbocycles. The predicted molar refractivity (Wildman–Crippen MR) is 132 cm³/mol. The van der Waals surface area contributed by atoms with Gasteiger partial charge >= 0.3 is 5.97 Å². The first-order valence-corrected chi connectivity index (χ1v) is 11.9. The largest absolute Gasteiger partial charge is 0.463 e. The number of esters is 1. The highest BCUT2D eigenvalue weighted by Crippen LogP contribution is 2.40. The molecular weight excluding hydrogens is 452 g/mol. The molecule has 1 atom stereocenters. The van der Waals surface area contributed by atoms with Gasteiger partial charge in [-0.15, -0.1) is 0 Å². The number of allylic oxidation sites excluding steroid dienone is 1. The van der Waals surface area contributed by atoms with Crippen molar-refractivity contribution < 1.29 is 19.1 Å². The van der Waals surface area contributed by atoms with Crippen LogP contribution in [0.25, 0.3) is 0 Å². The van der Waals surface area contributed by atoms with Crippen LogP contribution in [0.2, 0.25) is 5.02 Å². The van der Waals surface area contributed by atoms with Crippen molar-refractivity contribution in [1.29, 1.82) is 0 Å². The number of nitrogens with one attached hydrogen (secondary N) is 1. The number of hydrogen-bond acceptors (Lipinski definition) is 4. The fraction of sp³-hybridized carbons (Fsp3) is 0.370. The van der Waals surface area contributed by atoms with Crippen molar-refractivity contribution in [3.8, 4) is 0 Å². The van der Waals surface area contributed by atoms with Crippen molar-refractivity contribution in [3.05, 3.63) is 81.5 Å². The molecule has 0 radical (unpaired) electrons. The minimum absolute atomic E-state index is 0.103. The second-order valence-electron chi connectivity index (χ2n) is 8.78. The van der Waals surface area contributed by atoms with Gasteiger partial charge < -0.3 is 15.0 Å². The summed E-state index contributed by atoms with van der Waals surface area (Å²) in [4.78, 5) is 40.0. The number of halogens is 1. The summed E-state index contributed by atoms with van der Waals surface area (Å²) in [5.41, 5.74) is 3.15. The Hall–Kier alpha value is -3.12. The molecule has 0 aromatic heterocycles. The standard InChI is InChI=1S/C27H31ClN2O4/c1-5-34-27(33)25-18(4)30(24(31)14-22(25)21-8-6-7-9-23(21)28)16-19-10-12-20(13-11-19)26(32)29-15-17(2)3/h6-13,17,22H,5,14-16H2,1-4H3,(H,29,32). The number of nitrogens with zero attached hydrogens (tertiary/aromatic N) is 1. The molecule has 34 heavy (non-hydrogen) atoms. The number of ether oxygens (including phenoxy) is 1. The first-order chi connectivity index (χ1) is 16.2. The molecule has 1 heterocycles. The number of hydrogen-bond donors (Lipinski definition) is 1. The molecule has 1 N–H and O–H groups in total. The average Bonchev–Trinajstić information content (AvgIpc) is 2.80. The van der Waals surface area contributed by atoms with Gasteiger partial charge in [-0.25, -0.2) is 4.79 Å². The maximum absolute atomic E-state index is 13.2. The maximum atomic E-state index is 13.2. The molecule has 0 saturated heterocycles. The molecular formula is C27H31ClN2O4. The highest BCUT2D eigenvalue weighted by Gasteiger charge is 2.37. The van der Waals surface area contributed by atoms with Crippen LogP contribution in [0, 0.1) is 5.92 Å². The van der Waals surface area contributed by atoms with Crippen LogP contribution in [-0.4, -0.2) is 35.8 Å². The minimum atomic E-state index is -0.469. The van der Waals surface area contributed by atoms with Crippen LogP contribution >= 0.6 is 11.6 Å². The molecule has 2 amide bonds. The third kappa shape index (κ3) is 5.86. The molecule has 2 aromatic carbocycles. The second-order valence-corrected chi connectivity index (χ2v) is 9.19. The molecule has 0 bridgehead atoms. The van der Waals surface area contributed by atoms with Crippen LogP contribution in [0.3, 0.4) is 0 Å². The maximum Gasteiger partial charge on any atom is 0.336 e. The Bertz CT molecular complexity index is 1090. The summed E-state index contributed by atoms with van der Waals surface area (Å²) in [5.74, 6) is -0.777. The number of amides is 2. The Labute approximate surface area is 205 Å². The predicted octanol–water partition coefficient (Wildman–Crippen LogP) is 5.08. The summed E-state index contributed by atoms with van der Waals surface area (Å²) in [5, 5.41) is 3.40. The number of benzene rings is 2. The molecule has 2 aromatic rings. The zero-order valence-corrected chi connectivity index (χ0v) is 20.8. The molecule has 6 nitrogen and oxygen atoms in total. The van der Waals surface area contributed by atoms with Crippen molar-refractivity contribution in [2.45, 2.75) is 46.6 Å². The van der Waals surface area contributed by atoms with Crippen LogP contribution in [0.5, 0.6) is 0 Å². The fourth-order valence-corrected chi connectivity index (χ4v) is 4.31. The molecule has 7 heteroatoms. The lowest BCUT2D eigenvalue weighted by Crippen LogP contribution is -2.38. The van der Waals surface area contributed by atoms with E-state index in [0.717, 1.165) is 11.1 Å². The van der Waals surface area contributed by atoms with Gasteiger partial charge in [-0.05, 0) is 49.1 Å². The lowest BCUT2D eigenvalue weighted by Gasteiger charge is -2.34. The quantitative estimate of drug-likeness (QED) is 0.532. The van der Waals surface area contributed by atoms with E-state index in [1.54, 1.807) is 36.9 Å². The highest BCUT2D eigenvalue weighted by atomic mass is 35.5. The molecule has 1 aliphatic heterocycles.